The number of likely N-dealkylation sites (N-methyl/N-ethyl adjacent to an activating group) is 1. The van der Waals surface area contributed by atoms with E-state index in [1.807, 2.05) is 61.5 Å². The molecule has 9 heteroatoms. The van der Waals surface area contributed by atoms with Crippen LogP contribution >= 0.6 is 15.9 Å². The first-order chi connectivity index (χ1) is 23.7. The molecule has 4 aromatic rings. The van der Waals surface area contributed by atoms with Gasteiger partial charge in [-0.1, -0.05) is 84.4 Å². The van der Waals surface area contributed by atoms with Crippen LogP contribution in [0.1, 0.15) is 56.0 Å². The van der Waals surface area contributed by atoms with E-state index in [4.69, 9.17) is 9.47 Å². The highest BCUT2D eigenvalue weighted by atomic mass is 79.9. The van der Waals surface area contributed by atoms with Crippen LogP contribution < -0.4 is 9.64 Å². The summed E-state index contributed by atoms with van der Waals surface area (Å²) in [4.78, 5) is 46.3. The molecule has 0 aromatic heterocycles. The molecule has 49 heavy (non-hydrogen) atoms. The van der Waals surface area contributed by atoms with Gasteiger partial charge in [0.2, 0.25) is 0 Å². The van der Waals surface area contributed by atoms with Crippen molar-refractivity contribution >= 4 is 55.7 Å². The van der Waals surface area contributed by atoms with Crippen LogP contribution in [-0.4, -0.2) is 74.0 Å². The molecule has 248 valence electrons. The van der Waals surface area contributed by atoms with Crippen LogP contribution in [0, 0.1) is 0 Å². The summed E-state index contributed by atoms with van der Waals surface area (Å²) in [7, 11) is 3.96. The van der Waals surface area contributed by atoms with Gasteiger partial charge in [-0.15, -0.1) is 0 Å². The third-order valence-corrected chi connectivity index (χ3v) is 10.1. The van der Waals surface area contributed by atoms with E-state index >= 15 is 0 Å². The molecule has 0 radical (unpaired) electrons. The van der Waals surface area contributed by atoms with Crippen LogP contribution in [0.25, 0.3) is 16.3 Å². The normalized spacial score (nSPS) is 16.4. The maximum atomic E-state index is 13.9. The molecule has 0 saturated carbocycles. The number of benzene rings is 4. The molecular weight excluding hydrogens is 682 g/mol. The molecular formula is C40H36BrN3O5. The van der Waals surface area contributed by atoms with Crippen molar-refractivity contribution in [3.05, 3.63) is 135 Å². The lowest BCUT2D eigenvalue weighted by molar-refractivity contribution is 0.0404. The summed E-state index contributed by atoms with van der Waals surface area (Å²) in [5.41, 5.74) is 5.52. The fourth-order valence-corrected chi connectivity index (χ4v) is 7.43. The Bertz CT molecular complexity index is 2110. The second-order valence-corrected chi connectivity index (χ2v) is 13.2. The highest BCUT2D eigenvalue weighted by Gasteiger charge is 2.34. The van der Waals surface area contributed by atoms with Crippen molar-refractivity contribution < 1.29 is 23.9 Å². The Kier molecular flexibility index (Phi) is 8.73. The zero-order valence-electron chi connectivity index (χ0n) is 27.8. The first-order valence-corrected chi connectivity index (χ1v) is 17.2. The van der Waals surface area contributed by atoms with Gasteiger partial charge >= 0.3 is 5.97 Å². The Hall–Kier alpha value is -4.99. The van der Waals surface area contributed by atoms with Crippen LogP contribution in [0.2, 0.25) is 0 Å². The van der Waals surface area contributed by atoms with E-state index < -0.39 is 17.8 Å². The van der Waals surface area contributed by atoms with Crippen LogP contribution in [-0.2, 0) is 4.74 Å². The second-order valence-electron chi connectivity index (χ2n) is 12.3. The molecule has 4 aromatic carbocycles. The van der Waals surface area contributed by atoms with Gasteiger partial charge < -0.3 is 14.4 Å². The number of carbonyl (C=O) groups is 3. The molecule has 0 bridgehead atoms. The number of allylic oxidation sites excluding steroid dienone is 1. The minimum atomic E-state index is -0.546. The van der Waals surface area contributed by atoms with E-state index in [9.17, 15) is 14.4 Å². The van der Waals surface area contributed by atoms with Crippen molar-refractivity contribution in [3.8, 4) is 5.75 Å². The smallest absolute Gasteiger partial charge is 0.338 e. The third-order valence-electron chi connectivity index (χ3n) is 9.41. The second kappa shape index (κ2) is 13.1. The first-order valence-electron chi connectivity index (χ1n) is 16.4. The van der Waals surface area contributed by atoms with E-state index in [2.05, 4.69) is 52.9 Å². The average Bonchev–Trinajstić information content (AvgIpc) is 3.11. The van der Waals surface area contributed by atoms with Crippen LogP contribution in [0.15, 0.2) is 107 Å². The third kappa shape index (κ3) is 5.56. The zero-order chi connectivity index (χ0) is 34.4. The van der Waals surface area contributed by atoms with Crippen LogP contribution in [0.3, 0.4) is 0 Å². The highest BCUT2D eigenvalue weighted by molar-refractivity contribution is 9.10. The van der Waals surface area contributed by atoms with Gasteiger partial charge in [-0.25, -0.2) is 4.79 Å². The zero-order valence-corrected chi connectivity index (χ0v) is 29.4. The molecule has 2 aliphatic heterocycles. The van der Waals surface area contributed by atoms with Gasteiger partial charge in [-0.05, 0) is 60.4 Å². The van der Waals surface area contributed by atoms with Crippen molar-refractivity contribution in [2.45, 2.75) is 19.9 Å². The van der Waals surface area contributed by atoms with E-state index in [1.165, 1.54) is 0 Å². The molecule has 3 aliphatic rings. The van der Waals surface area contributed by atoms with Gasteiger partial charge in [-0.2, -0.15) is 0 Å². The van der Waals surface area contributed by atoms with Gasteiger partial charge in [0.25, 0.3) is 11.8 Å². The Labute approximate surface area is 294 Å². The van der Waals surface area contributed by atoms with Crippen LogP contribution in [0.4, 0.5) is 5.69 Å². The number of para-hydroxylation sites is 1. The standard InChI is InChI=1S/C40H36BrN3O5/c1-5-43(6-2)24-17-18-28-34(23-24)49-37-29(14-10-16-33(37)42(3)4)35(28)25-11-7-8-12-26(25)40(47)48-22-21-44-38(45)30-15-9-13-27-32(41)20-19-31(36(27)30)39(44)46/h7-20,23-24H,5-6,21-22H2,1-4H3. The molecule has 0 fully saturated rings. The number of nitrogens with zero attached hydrogens (tertiary/aromatic N) is 3. The number of hydrogen-bond acceptors (Lipinski definition) is 7. The number of anilines is 1. The Morgan fingerprint density at radius 2 is 1.57 bits per heavy atom. The van der Waals surface area contributed by atoms with Crippen molar-refractivity contribution in [3.63, 3.8) is 0 Å². The van der Waals surface area contributed by atoms with Gasteiger partial charge in [0.05, 0.1) is 23.8 Å². The number of carbonyl (C=O) groups excluding carboxylic acids is 3. The minimum Gasteiger partial charge on any atom is -0.460 e. The minimum absolute atomic E-state index is 0.0728. The number of hydrogen-bond donors (Lipinski definition) is 0. The Balaban J connectivity index is 1.20. The summed E-state index contributed by atoms with van der Waals surface area (Å²) in [6, 6.07) is 22.4. The molecule has 2 heterocycles. The van der Waals surface area contributed by atoms with Gasteiger partial charge in [-0.3, -0.25) is 19.4 Å². The molecule has 0 N–H and O–H groups in total. The Morgan fingerprint density at radius 1 is 0.878 bits per heavy atom. The predicted octanol–water partition coefficient (Wildman–Crippen LogP) is 7.48. The topological polar surface area (TPSA) is 79.4 Å². The first kappa shape index (κ1) is 32.6. The van der Waals surface area contributed by atoms with E-state index in [1.54, 1.807) is 30.3 Å². The fourth-order valence-electron chi connectivity index (χ4n) is 6.97. The lowest BCUT2D eigenvalue weighted by Gasteiger charge is -2.33. The summed E-state index contributed by atoms with van der Waals surface area (Å²) >= 11 is 3.53. The molecule has 1 atom stereocenters. The summed E-state index contributed by atoms with van der Waals surface area (Å²) in [6.07, 6.45) is 6.40. The molecule has 7 rings (SSSR count). The lowest BCUT2D eigenvalue weighted by atomic mass is 9.84. The summed E-state index contributed by atoms with van der Waals surface area (Å²) in [6.45, 7) is 5.85. The maximum absolute atomic E-state index is 13.9. The number of imide groups is 1. The van der Waals surface area contributed by atoms with Crippen molar-refractivity contribution in [2.75, 3.05) is 45.2 Å². The quantitative estimate of drug-likeness (QED) is 0.131. The largest absolute Gasteiger partial charge is 0.460 e. The van der Waals surface area contributed by atoms with Crippen molar-refractivity contribution in [1.82, 2.24) is 9.80 Å². The van der Waals surface area contributed by atoms with E-state index in [0.717, 1.165) is 61.8 Å². The van der Waals surface area contributed by atoms with Crippen molar-refractivity contribution in [2.24, 2.45) is 0 Å². The fraction of sp³-hybridized carbons (Fsp3) is 0.225. The monoisotopic (exact) mass is 717 g/mol. The number of esters is 1. The van der Waals surface area contributed by atoms with Gasteiger partial charge in [0.15, 0.2) is 5.75 Å². The van der Waals surface area contributed by atoms with E-state index in [0.29, 0.717) is 27.6 Å². The summed E-state index contributed by atoms with van der Waals surface area (Å²) in [5, 5.41) is 1.43. The molecule has 8 nitrogen and oxygen atoms in total. The Morgan fingerprint density at radius 3 is 2.33 bits per heavy atom. The summed E-state index contributed by atoms with van der Waals surface area (Å²) in [5.74, 6) is 0.0933. The predicted molar refractivity (Wildman–Crippen MR) is 195 cm³/mol. The molecule has 1 aliphatic carbocycles. The molecule has 0 spiro atoms. The van der Waals surface area contributed by atoms with Crippen molar-refractivity contribution in [1.29, 1.82) is 0 Å². The SMILES string of the molecule is CCN(CC)C1C=CC2=C(c3ccccc3C(=O)OCCN3C(=O)c4cccc5c(Br)ccc(c45)C3=O)c3cccc(N(C)C)c3OC2=C1. The van der Waals surface area contributed by atoms with Gasteiger partial charge in [0, 0.05) is 51.8 Å². The molecule has 0 saturated heterocycles. The lowest BCUT2D eigenvalue weighted by Crippen LogP contribution is -2.42. The van der Waals surface area contributed by atoms with Crippen LogP contribution in [0.5, 0.6) is 5.75 Å². The number of halogens is 1. The number of rotatable bonds is 9. The molecule has 2 amide bonds. The van der Waals surface area contributed by atoms with Gasteiger partial charge in [0.1, 0.15) is 12.4 Å². The van der Waals surface area contributed by atoms with E-state index in [-0.39, 0.29) is 19.2 Å². The number of amides is 2. The maximum Gasteiger partial charge on any atom is 0.338 e. The average molecular weight is 719 g/mol. The number of ether oxygens (including phenoxy) is 2. The number of fused-ring (bicyclic) bond motifs is 2. The molecule has 1 unspecified atom stereocenters. The summed E-state index contributed by atoms with van der Waals surface area (Å²) < 4.78 is 13.3. The highest BCUT2D eigenvalue weighted by Crippen LogP contribution is 2.48.